The van der Waals surface area contributed by atoms with Gasteiger partial charge in [-0.15, -0.1) is 0 Å². The maximum atomic E-state index is 14.1. The summed E-state index contributed by atoms with van der Waals surface area (Å²) in [5.74, 6) is -0.507. The zero-order chi connectivity index (χ0) is 27.0. The first-order valence-electron chi connectivity index (χ1n) is 12.0. The Kier molecular flexibility index (Phi) is 9.77. The van der Waals surface area contributed by atoms with Crippen molar-refractivity contribution in [2.75, 3.05) is 20.3 Å². The van der Waals surface area contributed by atoms with E-state index in [-0.39, 0.29) is 42.4 Å². The van der Waals surface area contributed by atoms with E-state index in [1.54, 1.807) is 44.0 Å². The highest BCUT2D eigenvalue weighted by Crippen LogP contribution is 2.35. The molecule has 0 unspecified atom stereocenters. The van der Waals surface area contributed by atoms with Crippen LogP contribution in [-0.4, -0.2) is 54.5 Å². The van der Waals surface area contributed by atoms with Crippen molar-refractivity contribution in [2.45, 2.75) is 47.1 Å². The zero-order valence-electron chi connectivity index (χ0n) is 21.9. The van der Waals surface area contributed by atoms with Crippen molar-refractivity contribution in [1.82, 2.24) is 25.9 Å². The highest BCUT2D eigenvalue weighted by Gasteiger charge is 2.45. The minimum atomic E-state index is -1.07. The number of hydrazone groups is 1. The standard InChI is InChI=1S/C26H38FN7O2/c1-8-18(9-2)14-30-24(35)22(21-23(28)32-25(36)26(21,4)5)33(7)16-31-17(3)34(29-6)15-19-12-10-11-13-20(19)27/h10-13,18,31H,3,6,8-9,14-16H2,1-2,4-5,7H3,(H,30,35)(H2,28,32,36)/b22-21+. The maximum absolute atomic E-state index is 14.1. The van der Waals surface area contributed by atoms with Gasteiger partial charge >= 0.3 is 0 Å². The number of nitrogens with zero attached hydrogens (tertiary/aromatic N) is 3. The number of carbonyl (C=O) groups is 2. The van der Waals surface area contributed by atoms with Gasteiger partial charge in [-0.25, -0.2) is 9.40 Å². The van der Waals surface area contributed by atoms with Crippen LogP contribution < -0.4 is 16.0 Å². The Bertz CT molecular complexity index is 1050. The van der Waals surface area contributed by atoms with Crippen LogP contribution in [0.25, 0.3) is 0 Å². The van der Waals surface area contributed by atoms with Gasteiger partial charge in [0.2, 0.25) is 5.91 Å². The van der Waals surface area contributed by atoms with Crippen molar-refractivity contribution < 1.29 is 14.0 Å². The van der Waals surface area contributed by atoms with Gasteiger partial charge in [0.05, 0.1) is 18.6 Å². The summed E-state index contributed by atoms with van der Waals surface area (Å²) in [6.45, 7) is 15.7. The SMILES string of the molecule is C=NN(Cc1ccccc1F)C(=C)NCN(C)/C(C(=O)NCC(CC)CC)=C1\C(=N)NC(=O)C1(C)C. The fourth-order valence-corrected chi connectivity index (χ4v) is 3.95. The molecule has 1 heterocycles. The molecule has 0 bridgehead atoms. The van der Waals surface area contributed by atoms with Crippen LogP contribution in [0.1, 0.15) is 46.1 Å². The molecule has 2 amide bonds. The molecule has 1 aromatic carbocycles. The third-order valence-corrected chi connectivity index (χ3v) is 6.50. The minimum absolute atomic E-state index is 0.0997. The quantitative estimate of drug-likeness (QED) is 0.144. The van der Waals surface area contributed by atoms with Crippen LogP contribution in [-0.2, 0) is 16.1 Å². The average molecular weight is 500 g/mol. The van der Waals surface area contributed by atoms with Gasteiger partial charge in [-0.05, 0) is 25.8 Å². The van der Waals surface area contributed by atoms with E-state index in [0.29, 0.717) is 29.4 Å². The second-order valence-corrected chi connectivity index (χ2v) is 9.34. The normalized spacial score (nSPS) is 15.9. The summed E-state index contributed by atoms with van der Waals surface area (Å²) >= 11 is 0. The molecule has 0 aromatic heterocycles. The van der Waals surface area contributed by atoms with Gasteiger partial charge in [0.25, 0.3) is 5.91 Å². The van der Waals surface area contributed by atoms with Crippen LogP contribution in [0.3, 0.4) is 0 Å². The summed E-state index contributed by atoms with van der Waals surface area (Å²) in [4.78, 5) is 27.5. The molecule has 9 nitrogen and oxygen atoms in total. The molecular weight excluding hydrogens is 461 g/mol. The number of amidine groups is 1. The Morgan fingerprint density at radius 2 is 1.89 bits per heavy atom. The Balaban J connectivity index is 2.26. The number of amides is 2. The maximum Gasteiger partial charge on any atom is 0.268 e. The molecule has 1 fully saturated rings. The predicted octanol–water partition coefficient (Wildman–Crippen LogP) is 3.13. The topological polar surface area (TPSA) is 113 Å². The number of halogens is 1. The van der Waals surface area contributed by atoms with E-state index in [0.717, 1.165) is 12.8 Å². The molecule has 0 atom stereocenters. The summed E-state index contributed by atoms with van der Waals surface area (Å²) in [7, 11) is 1.69. The Labute approximate surface area is 213 Å². The lowest BCUT2D eigenvalue weighted by Crippen LogP contribution is -2.42. The molecule has 1 aliphatic rings. The molecule has 4 N–H and O–H groups in total. The summed E-state index contributed by atoms with van der Waals surface area (Å²) in [6.07, 6.45) is 1.85. The third-order valence-electron chi connectivity index (χ3n) is 6.50. The fraction of sp³-hybridized carbons (Fsp3) is 0.462. The van der Waals surface area contributed by atoms with Gasteiger partial charge in [-0.2, -0.15) is 5.10 Å². The first-order chi connectivity index (χ1) is 17.0. The fourth-order valence-electron chi connectivity index (χ4n) is 3.95. The Morgan fingerprint density at radius 1 is 1.25 bits per heavy atom. The first-order valence-corrected chi connectivity index (χ1v) is 12.0. The summed E-state index contributed by atoms with van der Waals surface area (Å²) in [5.41, 5.74) is -0.115. The van der Waals surface area contributed by atoms with Crippen LogP contribution in [0.2, 0.25) is 0 Å². The Hall–Kier alpha value is -3.69. The zero-order valence-corrected chi connectivity index (χ0v) is 21.9. The molecule has 1 aromatic rings. The van der Waals surface area contributed by atoms with Gasteiger partial charge in [0.15, 0.2) is 0 Å². The van der Waals surface area contributed by atoms with Crippen LogP contribution in [0.4, 0.5) is 4.39 Å². The predicted molar refractivity (Wildman–Crippen MR) is 140 cm³/mol. The van der Waals surface area contributed by atoms with E-state index >= 15 is 0 Å². The van der Waals surface area contributed by atoms with Gasteiger partial charge in [-0.3, -0.25) is 15.0 Å². The molecular formula is C26H38FN7O2. The molecule has 2 rings (SSSR count). The smallest absolute Gasteiger partial charge is 0.268 e. The van der Waals surface area contributed by atoms with E-state index in [2.05, 4.69) is 48.2 Å². The van der Waals surface area contributed by atoms with E-state index in [4.69, 9.17) is 5.41 Å². The number of nitrogens with one attached hydrogen (secondary N) is 4. The molecule has 36 heavy (non-hydrogen) atoms. The van der Waals surface area contributed by atoms with Crippen LogP contribution in [0.5, 0.6) is 0 Å². The molecule has 10 heteroatoms. The number of benzene rings is 1. The van der Waals surface area contributed by atoms with Crippen LogP contribution >= 0.6 is 0 Å². The summed E-state index contributed by atoms with van der Waals surface area (Å²) < 4.78 is 14.1. The van der Waals surface area contributed by atoms with Crippen molar-refractivity contribution in [2.24, 2.45) is 16.4 Å². The third kappa shape index (κ3) is 6.50. The second kappa shape index (κ2) is 12.3. The Morgan fingerprint density at radius 3 is 2.42 bits per heavy atom. The molecule has 196 valence electrons. The second-order valence-electron chi connectivity index (χ2n) is 9.34. The largest absolute Gasteiger partial charge is 0.353 e. The summed E-state index contributed by atoms with van der Waals surface area (Å²) in [6, 6.07) is 6.36. The number of carbonyl (C=O) groups excluding carboxylic acids is 2. The van der Waals surface area contributed by atoms with E-state index in [1.807, 2.05) is 0 Å². The summed E-state index contributed by atoms with van der Waals surface area (Å²) in [5, 5.41) is 22.3. The number of hydrogen-bond donors (Lipinski definition) is 4. The van der Waals surface area contributed by atoms with Crippen molar-refractivity contribution in [3.05, 3.63) is 59.3 Å². The molecule has 0 spiro atoms. The van der Waals surface area contributed by atoms with Gasteiger partial charge in [0.1, 0.15) is 23.2 Å². The highest BCUT2D eigenvalue weighted by molar-refractivity contribution is 6.21. The number of rotatable bonds is 13. The minimum Gasteiger partial charge on any atom is -0.353 e. The van der Waals surface area contributed by atoms with Crippen molar-refractivity contribution in [1.29, 1.82) is 5.41 Å². The van der Waals surface area contributed by atoms with Gasteiger partial charge in [0, 0.05) is 31.4 Å². The van der Waals surface area contributed by atoms with Crippen LogP contribution in [0.15, 0.2) is 53.0 Å². The lowest BCUT2D eigenvalue weighted by atomic mass is 9.84. The van der Waals surface area contributed by atoms with Gasteiger partial charge in [-0.1, -0.05) is 51.5 Å². The van der Waals surface area contributed by atoms with E-state index in [1.165, 1.54) is 11.1 Å². The van der Waals surface area contributed by atoms with E-state index < -0.39 is 5.41 Å². The first kappa shape index (κ1) is 28.5. The lowest BCUT2D eigenvalue weighted by molar-refractivity contribution is -0.124. The molecule has 1 aliphatic heterocycles. The number of hydrogen-bond acceptors (Lipinski definition) is 7. The molecule has 0 aliphatic carbocycles. The molecule has 0 saturated carbocycles. The van der Waals surface area contributed by atoms with Crippen molar-refractivity contribution >= 4 is 24.4 Å². The van der Waals surface area contributed by atoms with Crippen molar-refractivity contribution in [3.8, 4) is 0 Å². The van der Waals surface area contributed by atoms with Gasteiger partial charge < -0.3 is 20.9 Å². The van der Waals surface area contributed by atoms with Crippen molar-refractivity contribution in [3.63, 3.8) is 0 Å². The van der Waals surface area contributed by atoms with E-state index in [9.17, 15) is 14.0 Å². The lowest BCUT2D eigenvalue weighted by Gasteiger charge is -2.30. The van der Waals surface area contributed by atoms with Crippen LogP contribution in [0, 0.1) is 22.6 Å². The highest BCUT2D eigenvalue weighted by atomic mass is 19.1. The number of likely N-dealkylation sites (N-methyl/N-ethyl adjacent to an activating group) is 1. The molecule has 1 saturated heterocycles. The average Bonchev–Trinajstić information content (AvgIpc) is 3.04. The molecule has 0 radical (unpaired) electrons. The monoisotopic (exact) mass is 499 g/mol.